The highest BCUT2D eigenvalue weighted by atomic mass is 15.0. The molecule has 1 heterocycles. The van der Waals surface area contributed by atoms with Gasteiger partial charge in [-0.15, -0.1) is 0 Å². The van der Waals surface area contributed by atoms with E-state index in [1.165, 1.54) is 25.8 Å². The lowest BCUT2D eigenvalue weighted by Gasteiger charge is -2.22. The maximum Gasteiger partial charge on any atom is 0.00850 e. The first kappa shape index (κ1) is 5.69. The summed E-state index contributed by atoms with van der Waals surface area (Å²) in [5, 5.41) is 3.47. The van der Waals surface area contributed by atoms with Gasteiger partial charge in [0, 0.05) is 12.1 Å². The number of hydrogen-bond donors (Lipinski definition) is 2. The second-order valence-corrected chi connectivity index (χ2v) is 3.44. The van der Waals surface area contributed by atoms with Crippen LogP contribution in [0.5, 0.6) is 0 Å². The Morgan fingerprint density at radius 2 is 2.11 bits per heavy atom. The van der Waals surface area contributed by atoms with E-state index in [1.54, 1.807) is 0 Å². The van der Waals surface area contributed by atoms with Gasteiger partial charge in [-0.3, -0.25) is 0 Å². The average Bonchev–Trinajstić information content (AvgIpc) is 2.11. The van der Waals surface area contributed by atoms with Crippen LogP contribution < -0.4 is 11.1 Å². The molecule has 1 aliphatic carbocycles. The molecule has 2 rings (SSSR count). The number of rotatable bonds is 0. The summed E-state index contributed by atoms with van der Waals surface area (Å²) in [5.41, 5.74) is 5.82. The third kappa shape index (κ3) is 0.970. The van der Waals surface area contributed by atoms with Crippen LogP contribution in [0, 0.1) is 5.92 Å². The quantitative estimate of drug-likeness (QED) is 0.482. The van der Waals surface area contributed by atoms with Crippen LogP contribution in [-0.2, 0) is 0 Å². The second-order valence-electron chi connectivity index (χ2n) is 3.44. The van der Waals surface area contributed by atoms with Crippen molar-refractivity contribution in [1.29, 1.82) is 0 Å². The zero-order valence-electron chi connectivity index (χ0n) is 5.64. The van der Waals surface area contributed by atoms with Gasteiger partial charge >= 0.3 is 0 Å². The van der Waals surface area contributed by atoms with Crippen molar-refractivity contribution in [3.63, 3.8) is 0 Å². The Morgan fingerprint density at radius 3 is 2.89 bits per heavy atom. The molecule has 0 radical (unpaired) electrons. The smallest absolute Gasteiger partial charge is 0.00850 e. The standard InChI is InChI=1S/C7H14N2/c8-6-1-5-2-7(3-6)9-4-5/h5-7,9H,1-4,8H2. The van der Waals surface area contributed by atoms with Crippen molar-refractivity contribution in [2.45, 2.75) is 31.3 Å². The van der Waals surface area contributed by atoms with Crippen molar-refractivity contribution in [3.05, 3.63) is 0 Å². The first-order chi connectivity index (χ1) is 4.34. The number of nitrogens with two attached hydrogens (primary N) is 1. The van der Waals surface area contributed by atoms with Crippen LogP contribution in [0.1, 0.15) is 19.3 Å². The molecule has 0 aromatic rings. The largest absolute Gasteiger partial charge is 0.328 e. The van der Waals surface area contributed by atoms with Gasteiger partial charge in [0.25, 0.3) is 0 Å². The third-order valence-electron chi connectivity index (χ3n) is 2.54. The molecule has 2 aliphatic rings. The SMILES string of the molecule is NC1CC2CNC(C1)C2. The highest BCUT2D eigenvalue weighted by Crippen LogP contribution is 2.27. The van der Waals surface area contributed by atoms with E-state index in [0.29, 0.717) is 6.04 Å². The molecule has 0 aromatic carbocycles. The molecular formula is C7H14N2. The molecule has 0 amide bonds. The molecule has 0 aromatic heterocycles. The van der Waals surface area contributed by atoms with E-state index in [2.05, 4.69) is 5.32 Å². The van der Waals surface area contributed by atoms with Gasteiger partial charge in [-0.05, 0) is 31.7 Å². The van der Waals surface area contributed by atoms with Gasteiger partial charge in [0.05, 0.1) is 0 Å². The van der Waals surface area contributed by atoms with E-state index in [4.69, 9.17) is 5.73 Å². The molecule has 3 atom stereocenters. The molecule has 2 nitrogen and oxygen atoms in total. The zero-order valence-corrected chi connectivity index (χ0v) is 5.64. The van der Waals surface area contributed by atoms with Crippen LogP contribution in [0.3, 0.4) is 0 Å². The summed E-state index contributed by atoms with van der Waals surface area (Å²) >= 11 is 0. The van der Waals surface area contributed by atoms with Crippen LogP contribution in [-0.4, -0.2) is 18.6 Å². The number of fused-ring (bicyclic) bond motifs is 2. The van der Waals surface area contributed by atoms with Gasteiger partial charge < -0.3 is 11.1 Å². The maximum atomic E-state index is 5.82. The number of nitrogens with one attached hydrogen (secondary N) is 1. The predicted octanol–water partition coefficient (Wildman–Crippen LogP) is 0.0856. The minimum atomic E-state index is 0.490. The fourth-order valence-electron chi connectivity index (χ4n) is 2.15. The Kier molecular flexibility index (Phi) is 1.24. The van der Waals surface area contributed by atoms with Gasteiger partial charge in [-0.2, -0.15) is 0 Å². The minimum absolute atomic E-state index is 0.490. The van der Waals surface area contributed by atoms with E-state index in [9.17, 15) is 0 Å². The summed E-state index contributed by atoms with van der Waals surface area (Å²) in [6.45, 7) is 1.22. The molecule has 1 aliphatic heterocycles. The second kappa shape index (κ2) is 1.96. The van der Waals surface area contributed by atoms with E-state index in [1.807, 2.05) is 0 Å². The highest BCUT2D eigenvalue weighted by molar-refractivity contribution is 4.91. The normalized spacial score (nSPS) is 49.7. The van der Waals surface area contributed by atoms with E-state index in [0.717, 1.165) is 12.0 Å². The van der Waals surface area contributed by atoms with Crippen molar-refractivity contribution in [2.75, 3.05) is 6.54 Å². The Morgan fingerprint density at radius 1 is 1.22 bits per heavy atom. The molecule has 3 N–H and O–H groups in total. The maximum absolute atomic E-state index is 5.82. The molecule has 9 heavy (non-hydrogen) atoms. The Balaban J connectivity index is 2.03. The fraction of sp³-hybridized carbons (Fsp3) is 1.00. The molecular weight excluding hydrogens is 112 g/mol. The van der Waals surface area contributed by atoms with Gasteiger partial charge in [0.15, 0.2) is 0 Å². The summed E-state index contributed by atoms with van der Waals surface area (Å²) in [4.78, 5) is 0. The van der Waals surface area contributed by atoms with Crippen LogP contribution >= 0.6 is 0 Å². The molecule has 1 saturated carbocycles. The van der Waals surface area contributed by atoms with Crippen molar-refractivity contribution < 1.29 is 0 Å². The van der Waals surface area contributed by atoms with Gasteiger partial charge in [0.1, 0.15) is 0 Å². The minimum Gasteiger partial charge on any atom is -0.328 e. The summed E-state index contributed by atoms with van der Waals surface area (Å²) in [7, 11) is 0. The Labute approximate surface area is 55.8 Å². The number of hydrogen-bond acceptors (Lipinski definition) is 2. The lowest BCUT2D eigenvalue weighted by molar-refractivity contribution is 0.364. The third-order valence-corrected chi connectivity index (χ3v) is 2.54. The Bertz CT molecular complexity index is 101. The van der Waals surface area contributed by atoms with E-state index < -0.39 is 0 Å². The summed E-state index contributed by atoms with van der Waals surface area (Å²) in [6.07, 6.45) is 3.84. The van der Waals surface area contributed by atoms with Crippen LogP contribution in [0.25, 0.3) is 0 Å². The van der Waals surface area contributed by atoms with Crippen molar-refractivity contribution in [2.24, 2.45) is 11.7 Å². The molecule has 2 heteroatoms. The van der Waals surface area contributed by atoms with Gasteiger partial charge in [-0.1, -0.05) is 0 Å². The van der Waals surface area contributed by atoms with E-state index >= 15 is 0 Å². The van der Waals surface area contributed by atoms with E-state index in [-0.39, 0.29) is 0 Å². The summed E-state index contributed by atoms with van der Waals surface area (Å²) in [6, 6.07) is 1.25. The topological polar surface area (TPSA) is 38.0 Å². The lowest BCUT2D eigenvalue weighted by Crippen LogP contribution is -2.33. The summed E-state index contributed by atoms with van der Waals surface area (Å²) in [5.74, 6) is 0.902. The average molecular weight is 126 g/mol. The molecule has 2 fully saturated rings. The fourth-order valence-corrected chi connectivity index (χ4v) is 2.15. The zero-order chi connectivity index (χ0) is 6.27. The van der Waals surface area contributed by atoms with Crippen molar-refractivity contribution in [1.82, 2.24) is 5.32 Å². The molecule has 52 valence electrons. The van der Waals surface area contributed by atoms with Crippen LogP contribution in [0.2, 0.25) is 0 Å². The first-order valence-corrected chi connectivity index (χ1v) is 3.83. The molecule has 2 bridgehead atoms. The highest BCUT2D eigenvalue weighted by Gasteiger charge is 2.31. The molecule has 0 spiro atoms. The van der Waals surface area contributed by atoms with Crippen LogP contribution in [0.15, 0.2) is 0 Å². The molecule has 1 saturated heterocycles. The predicted molar refractivity (Wildman–Crippen MR) is 37.1 cm³/mol. The monoisotopic (exact) mass is 126 g/mol. The van der Waals surface area contributed by atoms with Crippen molar-refractivity contribution >= 4 is 0 Å². The van der Waals surface area contributed by atoms with Gasteiger partial charge in [0.2, 0.25) is 0 Å². The van der Waals surface area contributed by atoms with Crippen LogP contribution in [0.4, 0.5) is 0 Å². The summed E-state index contributed by atoms with van der Waals surface area (Å²) < 4.78 is 0. The Hall–Kier alpha value is -0.0800. The first-order valence-electron chi connectivity index (χ1n) is 3.83. The molecule has 3 unspecified atom stereocenters. The van der Waals surface area contributed by atoms with Crippen molar-refractivity contribution in [3.8, 4) is 0 Å². The lowest BCUT2D eigenvalue weighted by atomic mass is 9.87. The van der Waals surface area contributed by atoms with Gasteiger partial charge in [-0.25, -0.2) is 0 Å².